The molecule has 0 heterocycles. The Morgan fingerprint density at radius 2 is 1.71 bits per heavy atom. The van der Waals surface area contributed by atoms with Gasteiger partial charge in [-0.15, -0.1) is 0 Å². The van der Waals surface area contributed by atoms with Gasteiger partial charge in [-0.1, -0.05) is 63.2 Å². The summed E-state index contributed by atoms with van der Waals surface area (Å²) >= 11 is 0. The third kappa shape index (κ3) is 5.17. The predicted molar refractivity (Wildman–Crippen MR) is 106 cm³/mol. The molecule has 1 N–H and O–H groups in total. The van der Waals surface area contributed by atoms with E-state index in [9.17, 15) is 5.11 Å². The molecule has 0 aliphatic heterocycles. The molecule has 2 rings (SSSR count). The van der Waals surface area contributed by atoms with Crippen LogP contribution in [-0.4, -0.2) is 26.1 Å². The van der Waals surface area contributed by atoms with Gasteiger partial charge in [0, 0.05) is 6.61 Å². The number of rotatable bonds is 7. The Morgan fingerprint density at radius 3 is 2.38 bits per heavy atom. The summed E-state index contributed by atoms with van der Waals surface area (Å²) in [4.78, 5) is 0. The van der Waals surface area contributed by atoms with Crippen molar-refractivity contribution in [1.82, 2.24) is 0 Å². The number of aliphatic hydroxyl groups is 1. The molecule has 1 unspecified atom stereocenters. The molecule has 3 heteroatoms. The second-order valence-corrected chi connectivity index (χ2v) is 13.1. The minimum atomic E-state index is -1.66. The Bertz CT molecular complexity index is 658. The van der Waals surface area contributed by atoms with Crippen molar-refractivity contribution in [3.8, 4) is 0 Å². The summed E-state index contributed by atoms with van der Waals surface area (Å²) < 4.78 is 6.18. The molecule has 132 valence electrons. The van der Waals surface area contributed by atoms with Gasteiger partial charge >= 0.3 is 0 Å². The third-order valence-corrected chi connectivity index (χ3v) is 9.77. The number of fused-ring (bicyclic) bond motifs is 1. The fourth-order valence-corrected chi connectivity index (χ4v) is 3.69. The Labute approximate surface area is 148 Å². The van der Waals surface area contributed by atoms with Gasteiger partial charge in [-0.2, -0.15) is 0 Å². The summed E-state index contributed by atoms with van der Waals surface area (Å²) in [5.74, 6) is 0. The zero-order valence-corrected chi connectivity index (χ0v) is 16.8. The van der Waals surface area contributed by atoms with Gasteiger partial charge in [-0.25, -0.2) is 0 Å². The fourth-order valence-electron chi connectivity index (χ4n) is 2.60. The highest BCUT2D eigenvalue weighted by atomic mass is 28.4. The zero-order chi connectivity index (χ0) is 17.8. The van der Waals surface area contributed by atoms with Crippen LogP contribution in [0.4, 0.5) is 0 Å². The van der Waals surface area contributed by atoms with E-state index in [1.54, 1.807) is 0 Å². The monoisotopic (exact) mass is 344 g/mol. The van der Waals surface area contributed by atoms with E-state index in [0.717, 1.165) is 19.4 Å². The fraction of sp³-hybridized carbons (Fsp3) is 0.524. The van der Waals surface area contributed by atoms with Crippen LogP contribution < -0.4 is 0 Å². The lowest BCUT2D eigenvalue weighted by atomic mass is 10.0. The van der Waals surface area contributed by atoms with E-state index in [-0.39, 0.29) is 11.1 Å². The first kappa shape index (κ1) is 19.2. The van der Waals surface area contributed by atoms with Crippen LogP contribution in [0.5, 0.6) is 0 Å². The first-order chi connectivity index (χ1) is 11.2. The highest BCUT2D eigenvalue weighted by Crippen LogP contribution is 2.36. The molecule has 0 aliphatic carbocycles. The molecule has 2 aromatic carbocycles. The molecular weight excluding hydrogens is 312 g/mol. The van der Waals surface area contributed by atoms with Gasteiger partial charge in [0.1, 0.15) is 0 Å². The van der Waals surface area contributed by atoms with Crippen molar-refractivity contribution < 1.29 is 9.53 Å². The molecule has 0 saturated heterocycles. The summed E-state index contributed by atoms with van der Waals surface area (Å²) in [6, 6.07) is 14.8. The Hall–Kier alpha value is -1.16. The second-order valence-electron chi connectivity index (χ2n) is 8.29. The molecule has 2 nitrogen and oxygen atoms in total. The summed E-state index contributed by atoms with van der Waals surface area (Å²) in [7, 11) is -1.66. The van der Waals surface area contributed by atoms with Crippen LogP contribution in [0.25, 0.3) is 10.8 Å². The largest absolute Gasteiger partial charge is 0.417 e. The topological polar surface area (TPSA) is 29.5 Å². The molecular formula is C21H32O2Si. The summed E-state index contributed by atoms with van der Waals surface area (Å²) in [6.07, 6.45) is 2.13. The lowest BCUT2D eigenvalue weighted by Crippen LogP contribution is -2.41. The molecule has 0 radical (unpaired) electrons. The SMILES string of the molecule is CC(C)(C)[Si](C)(C)OCCCC(O)Cc1ccc2ccccc2c1. The van der Waals surface area contributed by atoms with Gasteiger partial charge in [0.15, 0.2) is 8.32 Å². The molecule has 24 heavy (non-hydrogen) atoms. The minimum absolute atomic E-state index is 0.247. The van der Waals surface area contributed by atoms with Gasteiger partial charge in [0.25, 0.3) is 0 Å². The van der Waals surface area contributed by atoms with Crippen molar-refractivity contribution in [2.75, 3.05) is 6.61 Å². The van der Waals surface area contributed by atoms with Crippen molar-refractivity contribution in [3.05, 3.63) is 48.0 Å². The quantitative estimate of drug-likeness (QED) is 0.527. The average molecular weight is 345 g/mol. The molecule has 0 bridgehead atoms. The number of benzene rings is 2. The van der Waals surface area contributed by atoms with Crippen LogP contribution >= 0.6 is 0 Å². The van der Waals surface area contributed by atoms with Crippen LogP contribution in [0.15, 0.2) is 42.5 Å². The van der Waals surface area contributed by atoms with Gasteiger partial charge < -0.3 is 9.53 Å². The molecule has 0 aromatic heterocycles. The maximum atomic E-state index is 10.3. The first-order valence-corrected chi connectivity index (χ1v) is 11.9. The van der Waals surface area contributed by atoms with E-state index in [1.165, 1.54) is 16.3 Å². The molecule has 0 spiro atoms. The summed E-state index contributed by atoms with van der Waals surface area (Å²) in [5, 5.41) is 13.1. The normalized spacial score (nSPS) is 14.1. The van der Waals surface area contributed by atoms with Crippen molar-refractivity contribution in [2.45, 2.75) is 64.3 Å². The molecule has 0 aliphatic rings. The van der Waals surface area contributed by atoms with Crippen LogP contribution in [0.3, 0.4) is 0 Å². The van der Waals surface area contributed by atoms with Gasteiger partial charge in [0.2, 0.25) is 0 Å². The van der Waals surface area contributed by atoms with E-state index < -0.39 is 8.32 Å². The minimum Gasteiger partial charge on any atom is -0.417 e. The van der Waals surface area contributed by atoms with Crippen LogP contribution in [0, 0.1) is 0 Å². The summed E-state index contributed by atoms with van der Waals surface area (Å²) in [6.45, 7) is 12.1. The van der Waals surface area contributed by atoms with Crippen molar-refractivity contribution in [3.63, 3.8) is 0 Å². The second kappa shape index (κ2) is 7.81. The first-order valence-electron chi connectivity index (χ1n) is 8.99. The average Bonchev–Trinajstić information content (AvgIpc) is 2.50. The molecule has 2 aromatic rings. The predicted octanol–water partition coefficient (Wildman–Crippen LogP) is 5.55. The van der Waals surface area contributed by atoms with E-state index in [0.29, 0.717) is 6.42 Å². The zero-order valence-electron chi connectivity index (χ0n) is 15.8. The van der Waals surface area contributed by atoms with Crippen molar-refractivity contribution >= 4 is 19.1 Å². The van der Waals surface area contributed by atoms with Gasteiger partial charge in [-0.3, -0.25) is 0 Å². The van der Waals surface area contributed by atoms with E-state index >= 15 is 0 Å². The summed E-state index contributed by atoms with van der Waals surface area (Å²) in [5.41, 5.74) is 1.20. The Kier molecular flexibility index (Phi) is 6.24. The van der Waals surface area contributed by atoms with Crippen molar-refractivity contribution in [1.29, 1.82) is 0 Å². The van der Waals surface area contributed by atoms with E-state index in [4.69, 9.17) is 4.43 Å². The third-order valence-electron chi connectivity index (χ3n) is 5.24. The maximum Gasteiger partial charge on any atom is 0.191 e. The smallest absolute Gasteiger partial charge is 0.191 e. The number of hydrogen-bond acceptors (Lipinski definition) is 2. The molecule has 1 atom stereocenters. The van der Waals surface area contributed by atoms with Crippen LogP contribution in [0.1, 0.15) is 39.2 Å². The Morgan fingerprint density at radius 1 is 1.04 bits per heavy atom. The molecule has 0 saturated carbocycles. The van der Waals surface area contributed by atoms with Gasteiger partial charge in [-0.05, 0) is 53.7 Å². The van der Waals surface area contributed by atoms with Crippen LogP contribution in [0.2, 0.25) is 18.1 Å². The van der Waals surface area contributed by atoms with Crippen molar-refractivity contribution in [2.24, 2.45) is 0 Å². The highest BCUT2D eigenvalue weighted by Gasteiger charge is 2.36. The number of hydrogen-bond donors (Lipinski definition) is 1. The molecule has 0 fully saturated rings. The van der Waals surface area contributed by atoms with E-state index in [2.05, 4.69) is 76.3 Å². The maximum absolute atomic E-state index is 10.3. The van der Waals surface area contributed by atoms with Gasteiger partial charge in [0.05, 0.1) is 6.10 Å². The molecule has 0 amide bonds. The van der Waals surface area contributed by atoms with Crippen LogP contribution in [-0.2, 0) is 10.8 Å². The lowest BCUT2D eigenvalue weighted by molar-refractivity contribution is 0.151. The Balaban J connectivity index is 1.79. The standard InChI is InChI=1S/C21H32O2Si/c1-21(2,3)24(4,5)23-14-8-11-20(22)16-17-12-13-18-9-6-7-10-19(18)15-17/h6-7,9-10,12-13,15,20,22H,8,11,14,16H2,1-5H3. The highest BCUT2D eigenvalue weighted by molar-refractivity contribution is 6.74. The lowest BCUT2D eigenvalue weighted by Gasteiger charge is -2.36. The van der Waals surface area contributed by atoms with E-state index in [1.807, 2.05) is 0 Å². The number of aliphatic hydroxyl groups excluding tert-OH is 1.